The molecule has 1 aromatic carbocycles. The quantitative estimate of drug-likeness (QED) is 0.929. The molecule has 3 nitrogen and oxygen atoms in total. The Hall–Kier alpha value is -1.58. The molecule has 0 bridgehead atoms. The van der Waals surface area contributed by atoms with Gasteiger partial charge >= 0.3 is 0 Å². The molecule has 0 saturated carbocycles. The number of nitrogens with one attached hydrogen (secondary N) is 1. The van der Waals surface area contributed by atoms with Gasteiger partial charge < -0.3 is 10.1 Å². The molecule has 0 amide bonds. The van der Waals surface area contributed by atoms with Gasteiger partial charge in [-0.15, -0.1) is 0 Å². The molecule has 0 aliphatic rings. The van der Waals surface area contributed by atoms with Crippen LogP contribution in [0.2, 0.25) is 5.02 Å². The molecule has 0 atom stereocenters. The zero-order valence-corrected chi connectivity index (χ0v) is 12.1. The normalized spacial score (nSPS) is 10.5. The topological polar surface area (TPSA) is 34.1 Å². The minimum atomic E-state index is 0.676. The minimum Gasteiger partial charge on any atom is -0.496 e. The summed E-state index contributed by atoms with van der Waals surface area (Å²) in [6.07, 6.45) is 0. The lowest BCUT2D eigenvalue weighted by Crippen LogP contribution is -2.07. The SMILES string of the molecule is CNCc1ccc(-c2cc(Cl)ccc2OC)nc1C. The molecular weight excluding hydrogens is 260 g/mol. The molecule has 1 N–H and O–H groups in total. The Kier molecular flexibility index (Phi) is 4.40. The second kappa shape index (κ2) is 6.04. The number of hydrogen-bond donors (Lipinski definition) is 1. The van der Waals surface area contributed by atoms with Crippen LogP contribution in [0.3, 0.4) is 0 Å². The van der Waals surface area contributed by atoms with Crippen molar-refractivity contribution in [2.75, 3.05) is 14.2 Å². The minimum absolute atomic E-state index is 0.676. The van der Waals surface area contributed by atoms with Gasteiger partial charge in [0.2, 0.25) is 0 Å². The van der Waals surface area contributed by atoms with Gasteiger partial charge in [-0.1, -0.05) is 17.7 Å². The number of hydrogen-bond acceptors (Lipinski definition) is 3. The number of aromatic nitrogens is 1. The van der Waals surface area contributed by atoms with E-state index in [9.17, 15) is 0 Å². The van der Waals surface area contributed by atoms with E-state index in [-0.39, 0.29) is 0 Å². The lowest BCUT2D eigenvalue weighted by atomic mass is 10.1. The van der Waals surface area contributed by atoms with E-state index in [0.717, 1.165) is 29.2 Å². The molecule has 19 heavy (non-hydrogen) atoms. The monoisotopic (exact) mass is 276 g/mol. The highest BCUT2D eigenvalue weighted by atomic mass is 35.5. The fraction of sp³-hybridized carbons (Fsp3) is 0.267. The first-order chi connectivity index (χ1) is 9.15. The van der Waals surface area contributed by atoms with E-state index in [1.54, 1.807) is 7.11 Å². The van der Waals surface area contributed by atoms with Gasteiger partial charge in [0.15, 0.2) is 0 Å². The number of halogens is 1. The largest absolute Gasteiger partial charge is 0.496 e. The molecule has 0 fully saturated rings. The molecule has 4 heteroatoms. The molecule has 2 rings (SSSR count). The van der Waals surface area contributed by atoms with Crippen molar-refractivity contribution in [2.24, 2.45) is 0 Å². The zero-order chi connectivity index (χ0) is 13.8. The highest BCUT2D eigenvalue weighted by Gasteiger charge is 2.09. The Bertz CT molecular complexity index is 584. The molecule has 0 aliphatic heterocycles. The maximum absolute atomic E-state index is 6.05. The average Bonchev–Trinajstić information content (AvgIpc) is 2.41. The number of rotatable bonds is 4. The van der Waals surface area contributed by atoms with E-state index < -0.39 is 0 Å². The highest BCUT2D eigenvalue weighted by Crippen LogP contribution is 2.31. The second-order valence-corrected chi connectivity index (χ2v) is 4.75. The van der Waals surface area contributed by atoms with Crippen molar-refractivity contribution >= 4 is 11.6 Å². The van der Waals surface area contributed by atoms with E-state index in [1.165, 1.54) is 5.56 Å². The van der Waals surface area contributed by atoms with Crippen LogP contribution in [0, 0.1) is 6.92 Å². The molecular formula is C15H17ClN2O. The smallest absolute Gasteiger partial charge is 0.128 e. The number of benzene rings is 1. The summed E-state index contributed by atoms with van der Waals surface area (Å²) in [5, 5.41) is 3.81. The molecule has 1 aromatic heterocycles. The van der Waals surface area contributed by atoms with Gasteiger partial charge in [-0.2, -0.15) is 0 Å². The fourth-order valence-electron chi connectivity index (χ4n) is 2.00. The van der Waals surface area contributed by atoms with Gasteiger partial charge in [-0.3, -0.25) is 4.98 Å². The van der Waals surface area contributed by atoms with E-state index in [1.807, 2.05) is 38.2 Å². The Morgan fingerprint density at radius 3 is 2.68 bits per heavy atom. The standard InChI is InChI=1S/C15H17ClN2O/c1-10-11(9-17-2)4-6-14(18-10)13-8-12(16)5-7-15(13)19-3/h4-8,17H,9H2,1-3H3. The van der Waals surface area contributed by atoms with E-state index in [4.69, 9.17) is 16.3 Å². The molecule has 100 valence electrons. The van der Waals surface area contributed by atoms with Gasteiger partial charge in [-0.25, -0.2) is 0 Å². The summed E-state index contributed by atoms with van der Waals surface area (Å²) in [5.41, 5.74) is 3.98. The third kappa shape index (κ3) is 3.06. The van der Waals surface area contributed by atoms with E-state index in [2.05, 4.69) is 16.4 Å². The van der Waals surface area contributed by atoms with Crippen molar-refractivity contribution in [2.45, 2.75) is 13.5 Å². The van der Waals surface area contributed by atoms with Crippen LogP contribution >= 0.6 is 11.6 Å². The van der Waals surface area contributed by atoms with Gasteiger partial charge in [0.05, 0.1) is 12.8 Å². The second-order valence-electron chi connectivity index (χ2n) is 4.32. The number of nitrogens with zero attached hydrogens (tertiary/aromatic N) is 1. The molecule has 1 heterocycles. The fourth-order valence-corrected chi connectivity index (χ4v) is 2.17. The summed E-state index contributed by atoms with van der Waals surface area (Å²) in [7, 11) is 3.57. The van der Waals surface area contributed by atoms with Crippen molar-refractivity contribution in [3.8, 4) is 17.0 Å². The van der Waals surface area contributed by atoms with E-state index >= 15 is 0 Å². The first-order valence-corrected chi connectivity index (χ1v) is 6.48. The van der Waals surface area contributed by atoms with Crippen LogP contribution in [0.4, 0.5) is 0 Å². The molecule has 0 radical (unpaired) electrons. The third-order valence-corrected chi connectivity index (χ3v) is 3.24. The van der Waals surface area contributed by atoms with Gasteiger partial charge in [0, 0.05) is 22.8 Å². The first-order valence-electron chi connectivity index (χ1n) is 6.10. The molecule has 0 spiro atoms. The van der Waals surface area contributed by atoms with Gasteiger partial charge in [0.25, 0.3) is 0 Å². The summed E-state index contributed by atoms with van der Waals surface area (Å²) in [5.74, 6) is 0.776. The van der Waals surface area contributed by atoms with Crippen LogP contribution < -0.4 is 10.1 Å². The number of ether oxygens (including phenoxy) is 1. The number of aryl methyl sites for hydroxylation is 1. The van der Waals surface area contributed by atoms with Crippen LogP contribution in [-0.2, 0) is 6.54 Å². The molecule has 0 unspecified atom stereocenters. The third-order valence-electron chi connectivity index (χ3n) is 3.00. The van der Waals surface area contributed by atoms with Crippen molar-refractivity contribution < 1.29 is 4.74 Å². The molecule has 2 aromatic rings. The first kappa shape index (κ1) is 13.8. The molecule has 0 saturated heterocycles. The predicted octanol–water partition coefficient (Wildman–Crippen LogP) is 3.44. The molecule has 0 aliphatic carbocycles. The van der Waals surface area contributed by atoms with Crippen LogP contribution in [-0.4, -0.2) is 19.1 Å². The number of methoxy groups -OCH3 is 1. The van der Waals surface area contributed by atoms with Gasteiger partial charge in [-0.05, 0) is 43.8 Å². The van der Waals surface area contributed by atoms with Crippen LogP contribution in [0.1, 0.15) is 11.3 Å². The predicted molar refractivity (Wildman–Crippen MR) is 78.7 cm³/mol. The Morgan fingerprint density at radius 1 is 1.26 bits per heavy atom. The Labute approximate surface area is 118 Å². The highest BCUT2D eigenvalue weighted by molar-refractivity contribution is 6.30. The van der Waals surface area contributed by atoms with E-state index in [0.29, 0.717) is 5.02 Å². The van der Waals surface area contributed by atoms with Crippen molar-refractivity contribution in [1.29, 1.82) is 0 Å². The summed E-state index contributed by atoms with van der Waals surface area (Å²) in [6, 6.07) is 9.62. The summed E-state index contributed by atoms with van der Waals surface area (Å²) >= 11 is 6.05. The summed E-state index contributed by atoms with van der Waals surface area (Å²) < 4.78 is 5.36. The van der Waals surface area contributed by atoms with Crippen LogP contribution in [0.5, 0.6) is 5.75 Å². The van der Waals surface area contributed by atoms with Crippen molar-refractivity contribution in [3.05, 3.63) is 46.6 Å². The van der Waals surface area contributed by atoms with Crippen molar-refractivity contribution in [3.63, 3.8) is 0 Å². The van der Waals surface area contributed by atoms with Crippen LogP contribution in [0.15, 0.2) is 30.3 Å². The lowest BCUT2D eigenvalue weighted by molar-refractivity contribution is 0.416. The number of pyridine rings is 1. The Balaban J connectivity index is 2.47. The van der Waals surface area contributed by atoms with Gasteiger partial charge in [0.1, 0.15) is 5.75 Å². The zero-order valence-electron chi connectivity index (χ0n) is 11.3. The maximum atomic E-state index is 6.05. The lowest BCUT2D eigenvalue weighted by Gasteiger charge is -2.11. The summed E-state index contributed by atoms with van der Waals surface area (Å²) in [4.78, 5) is 4.63. The van der Waals surface area contributed by atoms with Crippen LogP contribution in [0.25, 0.3) is 11.3 Å². The Morgan fingerprint density at radius 2 is 2.05 bits per heavy atom. The maximum Gasteiger partial charge on any atom is 0.128 e. The average molecular weight is 277 g/mol. The summed E-state index contributed by atoms with van der Waals surface area (Å²) in [6.45, 7) is 2.82. The van der Waals surface area contributed by atoms with Crippen molar-refractivity contribution in [1.82, 2.24) is 10.3 Å².